The third-order valence-corrected chi connectivity index (χ3v) is 7.28. The second-order valence-electron chi connectivity index (χ2n) is 14.9. The van der Waals surface area contributed by atoms with Crippen molar-refractivity contribution in [1.82, 2.24) is 4.98 Å². The quantitative estimate of drug-likeness (QED) is 0.314. The molecule has 0 spiro atoms. The number of oxazole rings is 1. The highest BCUT2D eigenvalue weighted by Gasteiger charge is 2.33. The van der Waals surface area contributed by atoms with E-state index in [9.17, 15) is 4.79 Å². The molecular weight excluding hydrogens is 480 g/mol. The number of rotatable bonds is 2. The van der Waals surface area contributed by atoms with Crippen LogP contribution in [-0.2, 0) is 15.6 Å². The van der Waals surface area contributed by atoms with Gasteiger partial charge in [-0.1, -0.05) is 107 Å². The molecule has 1 aliphatic carbocycles. The van der Waals surface area contributed by atoms with Gasteiger partial charge in [0.1, 0.15) is 11.2 Å². The Morgan fingerprint density at radius 3 is 1.95 bits per heavy atom. The van der Waals surface area contributed by atoms with Crippen molar-refractivity contribution >= 4 is 28.3 Å². The van der Waals surface area contributed by atoms with Crippen LogP contribution in [0.2, 0.25) is 0 Å². The Morgan fingerprint density at radius 1 is 0.744 bits per heavy atom. The van der Waals surface area contributed by atoms with Crippen LogP contribution in [0.25, 0.3) is 22.6 Å². The van der Waals surface area contributed by atoms with Crippen LogP contribution in [0, 0.1) is 10.8 Å². The molecule has 4 rings (SSSR count). The fourth-order valence-electron chi connectivity index (χ4n) is 4.71. The van der Waals surface area contributed by atoms with Gasteiger partial charge >= 0.3 is 0 Å². The highest BCUT2D eigenvalue weighted by atomic mass is 16.3. The molecule has 0 radical (unpaired) electrons. The molecule has 206 valence electrons. The van der Waals surface area contributed by atoms with Crippen molar-refractivity contribution in [1.29, 1.82) is 0 Å². The average Bonchev–Trinajstić information content (AvgIpc) is 3.21. The van der Waals surface area contributed by atoms with E-state index in [0.717, 1.165) is 33.4 Å². The number of para-hydroxylation sites is 1. The molecule has 0 atom stereocenters. The lowest BCUT2D eigenvalue weighted by atomic mass is 9.74. The van der Waals surface area contributed by atoms with E-state index < -0.39 is 0 Å². The van der Waals surface area contributed by atoms with E-state index in [0.29, 0.717) is 17.3 Å². The van der Waals surface area contributed by atoms with Crippen LogP contribution in [0.15, 0.2) is 69.1 Å². The molecule has 4 heteroatoms. The number of aromatic nitrogens is 1. The lowest BCUT2D eigenvalue weighted by molar-refractivity contribution is -0.110. The number of fused-ring (bicyclic) bond motifs is 1. The third-order valence-electron chi connectivity index (χ3n) is 7.28. The van der Waals surface area contributed by atoms with Crippen molar-refractivity contribution in [2.75, 3.05) is 0 Å². The highest BCUT2D eigenvalue weighted by Crippen LogP contribution is 2.40. The summed E-state index contributed by atoms with van der Waals surface area (Å²) in [4.78, 5) is 23.6. The summed E-state index contributed by atoms with van der Waals surface area (Å²) in [5.41, 5.74) is 7.19. The van der Waals surface area contributed by atoms with E-state index in [4.69, 9.17) is 14.4 Å². The smallest absolute Gasteiger partial charge is 0.229 e. The van der Waals surface area contributed by atoms with E-state index in [1.54, 1.807) is 0 Å². The van der Waals surface area contributed by atoms with Crippen LogP contribution in [0.5, 0.6) is 0 Å². The second-order valence-corrected chi connectivity index (χ2v) is 14.9. The molecule has 0 fully saturated rings. The minimum Gasteiger partial charge on any atom is -0.436 e. The molecule has 0 bridgehead atoms. The van der Waals surface area contributed by atoms with E-state index in [1.165, 1.54) is 5.56 Å². The van der Waals surface area contributed by atoms with Gasteiger partial charge in [0.25, 0.3) is 0 Å². The summed E-state index contributed by atoms with van der Waals surface area (Å²) in [5, 5.41) is 0. The first-order valence-corrected chi connectivity index (χ1v) is 13.9. The average molecular weight is 525 g/mol. The number of aliphatic imine (C=N–C) groups is 1. The van der Waals surface area contributed by atoms with Crippen molar-refractivity contribution in [3.8, 4) is 11.5 Å². The van der Waals surface area contributed by atoms with Crippen LogP contribution in [-0.4, -0.2) is 16.5 Å². The minimum absolute atomic E-state index is 0.0199. The number of nitrogens with zero attached hydrogens (tertiary/aromatic N) is 2. The first-order chi connectivity index (χ1) is 17.8. The van der Waals surface area contributed by atoms with Crippen molar-refractivity contribution in [3.05, 3.63) is 70.8 Å². The summed E-state index contributed by atoms with van der Waals surface area (Å²) in [6, 6.07) is 12.2. The van der Waals surface area contributed by atoms with E-state index >= 15 is 0 Å². The molecule has 4 nitrogen and oxygen atoms in total. The summed E-state index contributed by atoms with van der Waals surface area (Å²) >= 11 is 0. The fraction of sp³-hybridized carbons (Fsp3) is 0.457. The van der Waals surface area contributed by atoms with Crippen LogP contribution >= 0.6 is 0 Å². The monoisotopic (exact) mass is 524 g/mol. The van der Waals surface area contributed by atoms with Crippen LogP contribution < -0.4 is 0 Å². The Bertz CT molecular complexity index is 1530. The van der Waals surface area contributed by atoms with Gasteiger partial charge in [-0.25, -0.2) is 9.98 Å². The van der Waals surface area contributed by atoms with Gasteiger partial charge in [0, 0.05) is 11.1 Å². The summed E-state index contributed by atoms with van der Waals surface area (Å²) in [6.45, 7) is 25.9. The molecule has 0 aliphatic heterocycles. The van der Waals surface area contributed by atoms with Gasteiger partial charge in [-0.05, 0) is 57.1 Å². The SMILES string of the molecule is CC(C)(C)C1=CC(=Nc2ccccc2-c2nc3cc(C(C)(C)C)cc(C(C)(C)C)c3o2)C(=O)C(C(C)(C)C)=C1. The zero-order valence-corrected chi connectivity index (χ0v) is 25.8. The zero-order valence-electron chi connectivity index (χ0n) is 25.8. The lowest BCUT2D eigenvalue weighted by Crippen LogP contribution is -2.29. The first kappa shape index (κ1) is 28.7. The predicted molar refractivity (Wildman–Crippen MR) is 164 cm³/mol. The van der Waals surface area contributed by atoms with Crippen LogP contribution in [0.1, 0.15) is 94.2 Å². The lowest BCUT2D eigenvalue weighted by Gasteiger charge is -2.30. The maximum atomic E-state index is 13.6. The third kappa shape index (κ3) is 5.85. The second kappa shape index (κ2) is 9.43. The standard InChI is InChI=1S/C35H44N2O2/c1-32(2,3)21-17-24(34(7,8)9)29(38)27(19-21)36-26-16-14-13-15-23(26)31-37-28-20-22(33(4,5)6)18-25(30(28)39-31)35(10,11)12/h13-20H,1-12H3. The molecule has 0 saturated carbocycles. The van der Waals surface area contributed by atoms with Gasteiger partial charge in [-0.15, -0.1) is 0 Å². The van der Waals surface area contributed by atoms with Crippen LogP contribution in [0.3, 0.4) is 0 Å². The Morgan fingerprint density at radius 2 is 1.38 bits per heavy atom. The molecule has 3 aromatic rings. The van der Waals surface area contributed by atoms with Gasteiger partial charge in [0.05, 0.1) is 11.3 Å². The van der Waals surface area contributed by atoms with Gasteiger partial charge in [0.15, 0.2) is 5.58 Å². The van der Waals surface area contributed by atoms with Crippen molar-refractivity contribution in [2.24, 2.45) is 15.8 Å². The maximum absolute atomic E-state index is 13.6. The minimum atomic E-state index is -0.295. The normalized spacial score (nSPS) is 16.6. The largest absolute Gasteiger partial charge is 0.436 e. The van der Waals surface area contributed by atoms with Gasteiger partial charge in [-0.2, -0.15) is 0 Å². The molecular formula is C35H44N2O2. The molecule has 1 aliphatic rings. The Hall–Kier alpha value is -3.27. The molecule has 0 amide bonds. The van der Waals surface area contributed by atoms with E-state index in [-0.39, 0.29) is 27.4 Å². The fourth-order valence-corrected chi connectivity index (χ4v) is 4.71. The van der Waals surface area contributed by atoms with Gasteiger partial charge < -0.3 is 4.42 Å². The summed E-state index contributed by atoms with van der Waals surface area (Å²) in [7, 11) is 0. The number of hydrogen-bond acceptors (Lipinski definition) is 4. The molecule has 39 heavy (non-hydrogen) atoms. The number of ketones is 1. The van der Waals surface area contributed by atoms with Crippen LogP contribution in [0.4, 0.5) is 5.69 Å². The number of carbonyl (C=O) groups excluding carboxylic acids is 1. The molecule has 1 aromatic heterocycles. The van der Waals surface area contributed by atoms with Gasteiger partial charge in [-0.3, -0.25) is 4.79 Å². The molecule has 1 heterocycles. The molecule has 0 saturated heterocycles. The van der Waals surface area contributed by atoms with Gasteiger partial charge in [0.2, 0.25) is 11.7 Å². The maximum Gasteiger partial charge on any atom is 0.229 e. The molecule has 0 unspecified atom stereocenters. The number of carbonyl (C=O) groups is 1. The van der Waals surface area contributed by atoms with Crippen molar-refractivity contribution < 1.29 is 9.21 Å². The summed E-state index contributed by atoms with van der Waals surface area (Å²) < 4.78 is 6.49. The zero-order chi connectivity index (χ0) is 29.1. The summed E-state index contributed by atoms with van der Waals surface area (Å²) in [6.07, 6.45) is 3.99. The highest BCUT2D eigenvalue weighted by molar-refractivity contribution is 6.51. The number of hydrogen-bond donors (Lipinski definition) is 0. The van der Waals surface area contributed by atoms with E-state index in [1.807, 2.05) is 30.3 Å². The Kier molecular flexibility index (Phi) is 6.95. The van der Waals surface area contributed by atoms with E-state index in [2.05, 4.69) is 101 Å². The number of allylic oxidation sites excluding steroid dienone is 4. The summed E-state index contributed by atoms with van der Waals surface area (Å²) in [5.74, 6) is 0.476. The molecule has 2 aromatic carbocycles. The Labute approximate surface area is 234 Å². The number of benzene rings is 2. The number of Topliss-reactive ketones (excluding diaryl/α,β-unsaturated/α-hetero) is 1. The first-order valence-electron chi connectivity index (χ1n) is 13.9. The topological polar surface area (TPSA) is 55.5 Å². The Balaban J connectivity index is 1.92. The predicted octanol–water partition coefficient (Wildman–Crippen LogP) is 9.69. The van der Waals surface area contributed by atoms with Crippen molar-refractivity contribution in [3.63, 3.8) is 0 Å². The molecule has 0 N–H and O–H groups in total. The van der Waals surface area contributed by atoms with Crippen molar-refractivity contribution in [2.45, 2.75) is 93.9 Å².